The van der Waals surface area contributed by atoms with Crippen molar-refractivity contribution in [2.75, 3.05) is 7.11 Å². The zero-order valence-corrected chi connectivity index (χ0v) is 10.2. The molecule has 1 aromatic heterocycles. The predicted molar refractivity (Wildman–Crippen MR) is 58.7 cm³/mol. The second kappa shape index (κ2) is 3.46. The maximum atomic E-state index is 5.83. The van der Waals surface area contributed by atoms with Gasteiger partial charge in [-0.15, -0.1) is 5.10 Å². The monoisotopic (exact) mass is 225 g/mol. The molecule has 88 valence electrons. The average Bonchev–Trinajstić information content (AvgIpc) is 2.69. The van der Waals surface area contributed by atoms with E-state index in [-0.39, 0.29) is 11.2 Å². The molecule has 1 aliphatic rings. The molecule has 0 saturated carbocycles. The molecule has 0 aliphatic carbocycles. The lowest BCUT2D eigenvalue weighted by molar-refractivity contribution is 0.00578. The normalized spacial score (nSPS) is 22.4. The zero-order chi connectivity index (χ0) is 12.0. The number of hydrogen-bond acceptors (Lipinski definition) is 5. The topological polar surface area (TPSA) is 69.3 Å². The molecule has 0 bridgehead atoms. The van der Waals surface area contributed by atoms with E-state index < -0.39 is 7.12 Å². The van der Waals surface area contributed by atoms with Gasteiger partial charge in [-0.05, 0) is 27.7 Å². The van der Waals surface area contributed by atoms with E-state index in [4.69, 9.17) is 14.0 Å². The summed E-state index contributed by atoms with van der Waals surface area (Å²) in [5.74, 6) is 0.401. The molecule has 1 saturated heterocycles. The number of aromatic amines is 1. The number of nitrogens with one attached hydrogen (secondary N) is 1. The average molecular weight is 225 g/mol. The first-order valence-electron chi connectivity index (χ1n) is 5.18. The summed E-state index contributed by atoms with van der Waals surface area (Å²) in [6.45, 7) is 7.94. The lowest BCUT2D eigenvalue weighted by Crippen LogP contribution is -2.41. The Morgan fingerprint density at radius 2 is 1.69 bits per heavy atom. The summed E-state index contributed by atoms with van der Waals surface area (Å²) in [4.78, 5) is 0. The van der Waals surface area contributed by atoms with Crippen LogP contribution in [0.25, 0.3) is 0 Å². The van der Waals surface area contributed by atoms with Crippen molar-refractivity contribution in [1.82, 2.24) is 15.4 Å². The molecule has 7 heteroatoms. The molecule has 0 atom stereocenters. The fourth-order valence-corrected chi connectivity index (χ4v) is 1.49. The summed E-state index contributed by atoms with van der Waals surface area (Å²) >= 11 is 0. The van der Waals surface area contributed by atoms with E-state index in [2.05, 4.69) is 15.4 Å². The minimum absolute atomic E-state index is 0.387. The molecule has 0 amide bonds. The Kier molecular flexibility index (Phi) is 2.47. The van der Waals surface area contributed by atoms with E-state index in [1.807, 2.05) is 27.7 Å². The van der Waals surface area contributed by atoms with E-state index in [1.54, 1.807) is 0 Å². The summed E-state index contributed by atoms with van der Waals surface area (Å²) in [5, 5.41) is 10.3. The number of methoxy groups -OCH3 is 1. The van der Waals surface area contributed by atoms with Crippen molar-refractivity contribution < 1.29 is 14.0 Å². The Morgan fingerprint density at radius 1 is 1.12 bits per heavy atom. The highest BCUT2D eigenvalue weighted by molar-refractivity contribution is 6.62. The fraction of sp³-hybridized carbons (Fsp3) is 0.778. The number of nitrogens with zero attached hydrogens (tertiary/aromatic N) is 2. The molecule has 0 unspecified atom stereocenters. The number of H-pyrrole nitrogens is 1. The second-order valence-corrected chi connectivity index (χ2v) is 4.81. The van der Waals surface area contributed by atoms with Crippen molar-refractivity contribution in [3.63, 3.8) is 0 Å². The number of rotatable bonds is 2. The molecule has 6 nitrogen and oxygen atoms in total. The van der Waals surface area contributed by atoms with Gasteiger partial charge in [-0.1, -0.05) is 0 Å². The molecule has 16 heavy (non-hydrogen) atoms. The van der Waals surface area contributed by atoms with Gasteiger partial charge in [0.2, 0.25) is 0 Å². The molecule has 1 aliphatic heterocycles. The van der Waals surface area contributed by atoms with Crippen LogP contribution < -0.4 is 10.3 Å². The van der Waals surface area contributed by atoms with E-state index in [9.17, 15) is 0 Å². The molecule has 0 aromatic carbocycles. The largest absolute Gasteiger partial charge is 0.522 e. The molecule has 2 heterocycles. The first kappa shape index (κ1) is 11.4. The minimum Gasteiger partial charge on any atom is -0.479 e. The quantitative estimate of drug-likeness (QED) is 0.723. The lowest BCUT2D eigenvalue weighted by Gasteiger charge is -2.32. The van der Waals surface area contributed by atoms with Crippen LogP contribution in [0.2, 0.25) is 0 Å². The lowest BCUT2D eigenvalue weighted by atomic mass is 9.85. The van der Waals surface area contributed by atoms with Gasteiger partial charge >= 0.3 is 7.12 Å². The predicted octanol–water partition coefficient (Wildman–Crippen LogP) is 0.112. The Labute approximate surface area is 94.8 Å². The Morgan fingerprint density at radius 3 is 2.19 bits per heavy atom. The third-order valence-electron chi connectivity index (χ3n) is 3.21. The summed E-state index contributed by atoms with van der Waals surface area (Å²) in [6, 6.07) is 0. The van der Waals surface area contributed by atoms with Crippen molar-refractivity contribution in [2.45, 2.75) is 38.9 Å². The van der Waals surface area contributed by atoms with Gasteiger partial charge in [-0.2, -0.15) is 10.3 Å². The van der Waals surface area contributed by atoms with Crippen LogP contribution in [0, 0.1) is 0 Å². The van der Waals surface area contributed by atoms with Crippen LogP contribution in [0.5, 0.6) is 5.88 Å². The molecule has 0 spiro atoms. The van der Waals surface area contributed by atoms with Gasteiger partial charge in [0.15, 0.2) is 5.59 Å². The smallest absolute Gasteiger partial charge is 0.479 e. The van der Waals surface area contributed by atoms with Gasteiger partial charge in [0.25, 0.3) is 5.88 Å². The molecule has 1 N–H and O–H groups in total. The van der Waals surface area contributed by atoms with Crippen LogP contribution in [0.3, 0.4) is 0 Å². The number of hydrogen-bond donors (Lipinski definition) is 1. The van der Waals surface area contributed by atoms with Crippen LogP contribution in [-0.2, 0) is 9.31 Å². The van der Waals surface area contributed by atoms with Gasteiger partial charge in [0.1, 0.15) is 0 Å². The maximum Gasteiger partial charge on any atom is 0.522 e. The van der Waals surface area contributed by atoms with Gasteiger partial charge < -0.3 is 14.0 Å². The Hall–Kier alpha value is -1.08. The van der Waals surface area contributed by atoms with Gasteiger partial charge in [0, 0.05) is 0 Å². The van der Waals surface area contributed by atoms with E-state index in [1.165, 1.54) is 7.11 Å². The maximum absolute atomic E-state index is 5.83. The fourth-order valence-electron chi connectivity index (χ4n) is 1.49. The highest BCUT2D eigenvalue weighted by Gasteiger charge is 2.53. The number of ether oxygens (including phenoxy) is 1. The van der Waals surface area contributed by atoms with Crippen molar-refractivity contribution in [3.05, 3.63) is 0 Å². The summed E-state index contributed by atoms with van der Waals surface area (Å²) in [7, 11) is 0.991. The van der Waals surface area contributed by atoms with Gasteiger partial charge in [0.05, 0.1) is 18.3 Å². The number of aromatic nitrogens is 3. The van der Waals surface area contributed by atoms with Crippen molar-refractivity contribution in [2.24, 2.45) is 0 Å². The van der Waals surface area contributed by atoms with Crippen LogP contribution >= 0.6 is 0 Å². The minimum atomic E-state index is -0.543. The van der Waals surface area contributed by atoms with E-state index in [0.29, 0.717) is 11.5 Å². The molecule has 0 radical (unpaired) electrons. The van der Waals surface area contributed by atoms with Crippen molar-refractivity contribution in [1.29, 1.82) is 0 Å². The Balaban J connectivity index is 2.27. The second-order valence-electron chi connectivity index (χ2n) is 4.81. The van der Waals surface area contributed by atoms with Gasteiger partial charge in [-0.3, -0.25) is 0 Å². The molecular weight excluding hydrogens is 209 g/mol. The zero-order valence-electron chi connectivity index (χ0n) is 10.2. The Bertz CT molecular complexity index is 375. The van der Waals surface area contributed by atoms with E-state index >= 15 is 0 Å². The van der Waals surface area contributed by atoms with Gasteiger partial charge in [-0.25, -0.2) is 0 Å². The molecular formula is C9H16BN3O3. The SMILES string of the molecule is COc1n[nH]nc1B1OC(C)(C)C(C)(C)O1. The molecule has 1 fully saturated rings. The van der Waals surface area contributed by atoms with E-state index in [0.717, 1.165) is 0 Å². The molecule has 2 rings (SSSR count). The van der Waals surface area contributed by atoms with Crippen molar-refractivity contribution in [3.8, 4) is 5.88 Å². The van der Waals surface area contributed by atoms with Crippen LogP contribution in [0.4, 0.5) is 0 Å². The van der Waals surface area contributed by atoms with Crippen LogP contribution in [-0.4, -0.2) is 40.8 Å². The standard InChI is InChI=1S/C9H16BN3O3/c1-8(2)9(3,4)16-10(15-8)6-7(14-5)12-13-11-6/h1-5H3,(H,11,12,13). The first-order valence-corrected chi connectivity index (χ1v) is 5.18. The van der Waals surface area contributed by atoms with Crippen LogP contribution in [0.1, 0.15) is 27.7 Å². The third-order valence-corrected chi connectivity index (χ3v) is 3.21. The highest BCUT2D eigenvalue weighted by Crippen LogP contribution is 2.36. The summed E-state index contributed by atoms with van der Waals surface area (Å²) in [5.41, 5.74) is -0.232. The third kappa shape index (κ3) is 1.60. The van der Waals surface area contributed by atoms with Crippen molar-refractivity contribution >= 4 is 12.7 Å². The van der Waals surface area contributed by atoms with Crippen LogP contribution in [0.15, 0.2) is 0 Å². The summed E-state index contributed by atoms with van der Waals surface area (Å²) in [6.07, 6.45) is 0. The first-order chi connectivity index (χ1) is 7.37. The molecule has 1 aromatic rings. The highest BCUT2D eigenvalue weighted by atomic mass is 16.7. The summed E-state index contributed by atoms with van der Waals surface area (Å²) < 4.78 is 16.7.